The van der Waals surface area contributed by atoms with Crippen LogP contribution in [-0.4, -0.2) is 10.8 Å². The van der Waals surface area contributed by atoms with Crippen LogP contribution in [0.2, 0.25) is 0 Å². The molecule has 2 rings (SSSR count). The van der Waals surface area contributed by atoms with Gasteiger partial charge in [-0.05, 0) is 19.1 Å². The fourth-order valence-corrected chi connectivity index (χ4v) is 1.90. The lowest BCUT2D eigenvalue weighted by molar-refractivity contribution is 1.40. The first kappa shape index (κ1) is 17.1. The first-order valence-electron chi connectivity index (χ1n) is 4.77. The Morgan fingerprint density at radius 3 is 2.28 bits per heavy atom. The molecule has 0 aliphatic heterocycles. The third-order valence-corrected chi connectivity index (χ3v) is 2.66. The van der Waals surface area contributed by atoms with Gasteiger partial charge < -0.3 is 11.5 Å². The van der Waals surface area contributed by atoms with Crippen molar-refractivity contribution >= 4 is 62.0 Å². The highest BCUT2D eigenvalue weighted by Crippen LogP contribution is 2.25. The molecule has 18 heavy (non-hydrogen) atoms. The summed E-state index contributed by atoms with van der Waals surface area (Å²) < 4.78 is 0. The maximum Gasteiger partial charge on any atom is 0.180 e. The summed E-state index contributed by atoms with van der Waals surface area (Å²) in [6.45, 7) is 1.76. The maximum atomic E-state index is 5.58. The number of anilines is 1. The summed E-state index contributed by atoms with van der Waals surface area (Å²) in [6, 6.07) is 7.72. The number of hydrogen-bond donors (Lipinski definition) is 2. The van der Waals surface area contributed by atoms with Crippen LogP contribution in [0.25, 0.3) is 11.3 Å². The van der Waals surface area contributed by atoms with Gasteiger partial charge in [-0.1, -0.05) is 12.1 Å². The number of aromatic nitrogens is 1. The van der Waals surface area contributed by atoms with Crippen molar-refractivity contribution in [2.75, 3.05) is 5.73 Å². The Labute approximate surface area is 131 Å². The lowest BCUT2D eigenvalue weighted by Gasteiger charge is -1.98. The third-order valence-electron chi connectivity index (χ3n) is 1.99. The van der Waals surface area contributed by atoms with E-state index in [4.69, 9.17) is 11.5 Å². The fraction of sp³-hybridized carbons (Fsp3) is 0.0909. The van der Waals surface area contributed by atoms with E-state index < -0.39 is 0 Å². The molecule has 0 amide bonds. The van der Waals surface area contributed by atoms with Crippen molar-refractivity contribution < 1.29 is 0 Å². The Hall–Kier alpha value is -0.920. The molecule has 7 heteroatoms. The molecule has 0 unspecified atom stereocenters. The number of nitrogens with two attached hydrogens (primary N) is 2. The number of halogens is 2. The average Bonchev–Trinajstić information content (AvgIpc) is 2.65. The van der Waals surface area contributed by atoms with Crippen LogP contribution in [0.5, 0.6) is 0 Å². The van der Waals surface area contributed by atoms with Crippen molar-refractivity contribution in [3.05, 3.63) is 29.6 Å². The lowest BCUT2D eigenvalue weighted by atomic mass is 10.1. The van der Waals surface area contributed by atoms with Crippen molar-refractivity contribution in [3.8, 4) is 11.3 Å². The Morgan fingerprint density at radius 2 is 1.83 bits per heavy atom. The Morgan fingerprint density at radius 1 is 1.22 bits per heavy atom. The van der Waals surface area contributed by atoms with Crippen molar-refractivity contribution in [1.82, 2.24) is 4.98 Å². The third kappa shape index (κ3) is 4.40. The second-order valence-electron chi connectivity index (χ2n) is 3.37. The number of aliphatic imine (C=N–C) groups is 1. The van der Waals surface area contributed by atoms with Gasteiger partial charge in [-0.3, -0.25) is 0 Å². The molecule has 98 valence electrons. The summed E-state index contributed by atoms with van der Waals surface area (Å²) in [5.41, 5.74) is 13.8. The number of nitrogens with zero attached hydrogens (tertiary/aromatic N) is 2. The molecule has 0 fully saturated rings. The summed E-state index contributed by atoms with van der Waals surface area (Å²) >= 11 is 1.43. The molecule has 0 saturated heterocycles. The minimum absolute atomic E-state index is 0. The van der Waals surface area contributed by atoms with Crippen LogP contribution in [0, 0.1) is 0 Å². The highest BCUT2D eigenvalue weighted by Gasteiger charge is 2.01. The number of rotatable bonds is 2. The number of nitrogen functional groups attached to an aromatic ring is 1. The first-order chi connectivity index (χ1) is 7.65. The Bertz CT molecular complexity index is 518. The summed E-state index contributed by atoms with van der Waals surface area (Å²) in [7, 11) is 0. The van der Waals surface area contributed by atoms with E-state index in [0.29, 0.717) is 11.0 Å². The molecule has 0 atom stereocenters. The number of hydrogen-bond acceptors (Lipinski definition) is 4. The molecule has 4 nitrogen and oxygen atoms in total. The molecule has 0 bridgehead atoms. The molecule has 0 aliphatic carbocycles. The number of benzene rings is 1. The van der Waals surface area contributed by atoms with Crippen LogP contribution in [0.3, 0.4) is 0 Å². The van der Waals surface area contributed by atoms with Crippen LogP contribution in [-0.2, 0) is 0 Å². The van der Waals surface area contributed by atoms with Crippen LogP contribution in [0.4, 0.5) is 10.8 Å². The van der Waals surface area contributed by atoms with Crippen molar-refractivity contribution in [2.45, 2.75) is 6.92 Å². The van der Waals surface area contributed by atoms with E-state index in [0.717, 1.165) is 16.9 Å². The smallest absolute Gasteiger partial charge is 0.180 e. The molecule has 0 radical (unpaired) electrons. The van der Waals surface area contributed by atoms with Crippen LogP contribution in [0.1, 0.15) is 6.92 Å². The maximum absolute atomic E-state index is 5.58. The normalized spacial score (nSPS) is 10.4. The molecule has 0 saturated carbocycles. The summed E-state index contributed by atoms with van der Waals surface area (Å²) in [6.07, 6.45) is 0. The lowest BCUT2D eigenvalue weighted by Crippen LogP contribution is -2.03. The molecule has 4 N–H and O–H groups in total. The second-order valence-corrected chi connectivity index (χ2v) is 4.26. The topological polar surface area (TPSA) is 77.3 Å². The minimum atomic E-state index is 0. The van der Waals surface area contributed by atoms with Gasteiger partial charge in [0.25, 0.3) is 0 Å². The molecular formula is C11H14Br2N4S. The minimum Gasteiger partial charge on any atom is -0.387 e. The standard InChI is InChI=1S/C11H12N4S.2BrH/c1-7(12)14-9-4-2-8(3-5-9)10-6-16-11(13)15-10;;/h2-6H,1H3,(H2,12,14)(H2,13,15);2*1H. The van der Waals surface area contributed by atoms with E-state index in [1.54, 1.807) is 6.92 Å². The predicted molar refractivity (Wildman–Crippen MR) is 89.6 cm³/mol. The second kappa shape index (κ2) is 7.50. The van der Waals surface area contributed by atoms with E-state index in [9.17, 15) is 0 Å². The zero-order chi connectivity index (χ0) is 11.5. The van der Waals surface area contributed by atoms with E-state index in [1.807, 2.05) is 29.6 Å². The van der Waals surface area contributed by atoms with E-state index in [1.165, 1.54) is 11.3 Å². The average molecular weight is 394 g/mol. The van der Waals surface area contributed by atoms with Crippen molar-refractivity contribution in [1.29, 1.82) is 0 Å². The highest BCUT2D eigenvalue weighted by atomic mass is 79.9. The van der Waals surface area contributed by atoms with Crippen molar-refractivity contribution in [3.63, 3.8) is 0 Å². The quantitative estimate of drug-likeness (QED) is 0.604. The van der Waals surface area contributed by atoms with E-state index in [2.05, 4.69) is 9.98 Å². The monoisotopic (exact) mass is 392 g/mol. The molecule has 0 spiro atoms. The van der Waals surface area contributed by atoms with Gasteiger partial charge in [0.05, 0.1) is 17.2 Å². The predicted octanol–water partition coefficient (Wildman–Crippen LogP) is 3.56. The van der Waals surface area contributed by atoms with Gasteiger partial charge in [0.2, 0.25) is 0 Å². The Balaban J connectivity index is 0.00000144. The first-order valence-corrected chi connectivity index (χ1v) is 5.65. The molecule has 2 aromatic rings. The van der Waals surface area contributed by atoms with Crippen molar-refractivity contribution in [2.24, 2.45) is 10.7 Å². The number of thiazole rings is 1. The van der Waals surface area contributed by atoms with E-state index in [-0.39, 0.29) is 34.0 Å². The molecule has 1 aromatic heterocycles. The molecule has 1 heterocycles. The number of amidine groups is 1. The highest BCUT2D eigenvalue weighted by molar-refractivity contribution is 8.93. The van der Waals surface area contributed by atoms with Crippen LogP contribution in [0.15, 0.2) is 34.6 Å². The van der Waals surface area contributed by atoms with Crippen LogP contribution >= 0.6 is 45.3 Å². The van der Waals surface area contributed by atoms with Gasteiger partial charge in [0.1, 0.15) is 0 Å². The zero-order valence-corrected chi connectivity index (χ0v) is 13.9. The Kier molecular flexibility index (Phi) is 7.12. The van der Waals surface area contributed by atoms with Crippen LogP contribution < -0.4 is 11.5 Å². The van der Waals surface area contributed by atoms with Gasteiger partial charge in [-0.2, -0.15) is 0 Å². The van der Waals surface area contributed by atoms with Gasteiger partial charge in [-0.15, -0.1) is 45.3 Å². The van der Waals surface area contributed by atoms with Gasteiger partial charge in [0, 0.05) is 10.9 Å². The summed E-state index contributed by atoms with van der Waals surface area (Å²) in [4.78, 5) is 8.36. The van der Waals surface area contributed by atoms with Gasteiger partial charge in [-0.25, -0.2) is 9.98 Å². The molecule has 1 aromatic carbocycles. The molecular weight excluding hydrogens is 380 g/mol. The summed E-state index contributed by atoms with van der Waals surface area (Å²) in [5.74, 6) is 0.547. The summed E-state index contributed by atoms with van der Waals surface area (Å²) in [5, 5.41) is 2.51. The zero-order valence-electron chi connectivity index (χ0n) is 9.66. The largest absolute Gasteiger partial charge is 0.387 e. The SMILES string of the molecule is Br.Br.CC(N)=Nc1ccc(-c2csc(N)n2)cc1. The van der Waals surface area contributed by atoms with Gasteiger partial charge >= 0.3 is 0 Å². The van der Waals surface area contributed by atoms with E-state index >= 15 is 0 Å². The van der Waals surface area contributed by atoms with Gasteiger partial charge in [0.15, 0.2) is 5.13 Å². The molecule has 0 aliphatic rings. The fourth-order valence-electron chi connectivity index (χ4n) is 1.33.